The molecule has 0 atom stereocenters. The molecule has 0 aromatic rings. The fourth-order valence-electron chi connectivity index (χ4n) is 2.43. The molecule has 1 N–H and O–H groups in total. The summed E-state index contributed by atoms with van der Waals surface area (Å²) in [7, 11) is 1.71. The maximum Gasteiger partial charge on any atom is 0.320 e. The monoisotopic (exact) mass is 254 g/mol. The van der Waals surface area contributed by atoms with Crippen LogP contribution in [0.25, 0.3) is 0 Å². The molecule has 102 valence electrons. The second-order valence-corrected chi connectivity index (χ2v) is 4.96. The molecule has 2 rings (SSSR count). The summed E-state index contributed by atoms with van der Waals surface area (Å²) < 4.78 is 0. The molecule has 0 radical (unpaired) electrons. The molecule has 3 amide bonds. The first-order valence-corrected chi connectivity index (χ1v) is 6.67. The van der Waals surface area contributed by atoms with Crippen LogP contribution in [0.4, 0.5) is 4.79 Å². The Bertz CT molecular complexity index is 309. The molecule has 0 aromatic heterocycles. The van der Waals surface area contributed by atoms with Gasteiger partial charge in [0, 0.05) is 46.3 Å². The Morgan fingerprint density at radius 3 is 2.28 bits per heavy atom. The number of urea groups is 1. The van der Waals surface area contributed by atoms with Gasteiger partial charge in [0.2, 0.25) is 5.91 Å². The number of nitrogens with zero attached hydrogens (tertiary/aromatic N) is 3. The Kier molecular flexibility index (Phi) is 4.41. The number of amides is 3. The molecular weight excluding hydrogens is 232 g/mol. The normalized spacial score (nSPS) is 20.1. The van der Waals surface area contributed by atoms with E-state index in [9.17, 15) is 9.59 Å². The Hall–Kier alpha value is -1.30. The highest BCUT2D eigenvalue weighted by Gasteiger charge is 2.24. The Morgan fingerprint density at radius 2 is 1.67 bits per heavy atom. The van der Waals surface area contributed by atoms with Crippen molar-refractivity contribution in [2.24, 2.45) is 0 Å². The first kappa shape index (κ1) is 13.1. The number of hydrogen-bond donors (Lipinski definition) is 1. The highest BCUT2D eigenvalue weighted by atomic mass is 16.2. The van der Waals surface area contributed by atoms with E-state index >= 15 is 0 Å². The zero-order valence-electron chi connectivity index (χ0n) is 11.0. The van der Waals surface area contributed by atoms with Crippen LogP contribution in [0, 0.1) is 0 Å². The van der Waals surface area contributed by atoms with Crippen LogP contribution in [0.3, 0.4) is 0 Å². The number of hydrogen-bond acceptors (Lipinski definition) is 3. The smallest absolute Gasteiger partial charge is 0.320 e. The van der Waals surface area contributed by atoms with Gasteiger partial charge in [-0.25, -0.2) is 4.79 Å². The van der Waals surface area contributed by atoms with Crippen LogP contribution in [0.5, 0.6) is 0 Å². The van der Waals surface area contributed by atoms with E-state index < -0.39 is 0 Å². The number of carbonyl (C=O) groups is 2. The van der Waals surface area contributed by atoms with Crippen LogP contribution in [0.1, 0.15) is 12.8 Å². The van der Waals surface area contributed by atoms with Crippen molar-refractivity contribution in [1.29, 1.82) is 0 Å². The van der Waals surface area contributed by atoms with Gasteiger partial charge in [-0.05, 0) is 12.8 Å². The number of nitrogens with one attached hydrogen (secondary N) is 1. The predicted molar refractivity (Wildman–Crippen MR) is 68.3 cm³/mol. The van der Waals surface area contributed by atoms with Gasteiger partial charge in [-0.3, -0.25) is 4.79 Å². The predicted octanol–water partition coefficient (Wildman–Crippen LogP) is -0.434. The van der Waals surface area contributed by atoms with Gasteiger partial charge in [0.15, 0.2) is 0 Å². The molecule has 18 heavy (non-hydrogen) atoms. The molecule has 0 aromatic carbocycles. The van der Waals surface area contributed by atoms with Gasteiger partial charge < -0.3 is 20.0 Å². The van der Waals surface area contributed by atoms with Crippen molar-refractivity contribution in [1.82, 2.24) is 20.0 Å². The first-order chi connectivity index (χ1) is 8.68. The van der Waals surface area contributed by atoms with Gasteiger partial charge in [-0.2, -0.15) is 0 Å². The number of likely N-dealkylation sites (tertiary alicyclic amines) is 1. The van der Waals surface area contributed by atoms with Crippen LogP contribution in [-0.4, -0.2) is 79.5 Å². The van der Waals surface area contributed by atoms with Crippen molar-refractivity contribution >= 4 is 11.9 Å². The second kappa shape index (κ2) is 6.04. The van der Waals surface area contributed by atoms with E-state index in [1.807, 2.05) is 4.90 Å². The van der Waals surface area contributed by atoms with E-state index in [1.54, 1.807) is 11.9 Å². The summed E-state index contributed by atoms with van der Waals surface area (Å²) in [6, 6.07) is -0.0379. The number of carbonyl (C=O) groups excluding carboxylic acids is 2. The van der Waals surface area contributed by atoms with Crippen molar-refractivity contribution in [2.45, 2.75) is 12.8 Å². The highest BCUT2D eigenvalue weighted by molar-refractivity contribution is 5.84. The number of likely N-dealkylation sites (N-methyl/N-ethyl adjacent to an activating group) is 1. The largest absolute Gasteiger partial charge is 0.341 e. The third kappa shape index (κ3) is 3.13. The fourth-order valence-corrected chi connectivity index (χ4v) is 2.43. The standard InChI is InChI=1S/C12H22N4O2/c1-14(10-11(17)15-6-2-3-7-15)12(18)16-8-4-13-5-9-16/h13H,2-10H2,1H3. The lowest BCUT2D eigenvalue weighted by Crippen LogP contribution is -2.52. The molecule has 0 bridgehead atoms. The zero-order valence-corrected chi connectivity index (χ0v) is 11.0. The molecule has 2 aliphatic rings. The first-order valence-electron chi connectivity index (χ1n) is 6.67. The summed E-state index contributed by atoms with van der Waals surface area (Å²) in [6.07, 6.45) is 2.17. The summed E-state index contributed by atoms with van der Waals surface area (Å²) in [4.78, 5) is 29.2. The van der Waals surface area contributed by atoms with Gasteiger partial charge >= 0.3 is 6.03 Å². The van der Waals surface area contributed by atoms with E-state index in [0.29, 0.717) is 0 Å². The van der Waals surface area contributed by atoms with E-state index in [2.05, 4.69) is 5.32 Å². The lowest BCUT2D eigenvalue weighted by Gasteiger charge is -2.31. The number of rotatable bonds is 2. The Labute approximate surface area is 108 Å². The van der Waals surface area contributed by atoms with Crippen molar-refractivity contribution in [3.05, 3.63) is 0 Å². The maximum absolute atomic E-state index is 12.1. The summed E-state index contributed by atoms with van der Waals surface area (Å²) >= 11 is 0. The molecule has 0 unspecified atom stereocenters. The lowest BCUT2D eigenvalue weighted by molar-refractivity contribution is -0.130. The van der Waals surface area contributed by atoms with Crippen molar-refractivity contribution in [3.63, 3.8) is 0 Å². The molecule has 0 spiro atoms. The molecule has 6 heteroatoms. The van der Waals surface area contributed by atoms with Gasteiger partial charge in [0.1, 0.15) is 6.54 Å². The molecular formula is C12H22N4O2. The van der Waals surface area contributed by atoms with E-state index in [-0.39, 0.29) is 18.5 Å². The average Bonchev–Trinajstić information content (AvgIpc) is 2.92. The lowest BCUT2D eigenvalue weighted by atomic mass is 10.4. The van der Waals surface area contributed by atoms with Crippen LogP contribution in [0.15, 0.2) is 0 Å². The summed E-state index contributed by atoms with van der Waals surface area (Å²) in [5.41, 5.74) is 0. The van der Waals surface area contributed by atoms with Gasteiger partial charge in [0.25, 0.3) is 0 Å². The van der Waals surface area contributed by atoms with Crippen molar-refractivity contribution in [3.8, 4) is 0 Å². The topological polar surface area (TPSA) is 55.9 Å². The average molecular weight is 254 g/mol. The molecule has 2 aliphatic heterocycles. The van der Waals surface area contributed by atoms with Crippen molar-refractivity contribution in [2.75, 3.05) is 52.9 Å². The van der Waals surface area contributed by atoms with E-state index in [4.69, 9.17) is 0 Å². The Morgan fingerprint density at radius 1 is 1.06 bits per heavy atom. The number of piperazine rings is 1. The molecule has 2 heterocycles. The Balaban J connectivity index is 1.80. The van der Waals surface area contributed by atoms with Gasteiger partial charge in [0.05, 0.1) is 0 Å². The minimum atomic E-state index is -0.0379. The summed E-state index contributed by atoms with van der Waals surface area (Å²) in [5, 5.41) is 3.21. The molecule has 0 saturated carbocycles. The molecule has 2 fully saturated rings. The fraction of sp³-hybridized carbons (Fsp3) is 0.833. The molecule has 0 aliphatic carbocycles. The SMILES string of the molecule is CN(CC(=O)N1CCCC1)C(=O)N1CCNCC1. The van der Waals surface area contributed by atoms with Crippen LogP contribution < -0.4 is 5.32 Å². The third-order valence-corrected chi connectivity index (χ3v) is 3.55. The van der Waals surface area contributed by atoms with Crippen LogP contribution in [0.2, 0.25) is 0 Å². The zero-order chi connectivity index (χ0) is 13.0. The van der Waals surface area contributed by atoms with Crippen LogP contribution in [-0.2, 0) is 4.79 Å². The van der Waals surface area contributed by atoms with Crippen LogP contribution >= 0.6 is 0 Å². The maximum atomic E-state index is 12.1. The molecule has 6 nitrogen and oxygen atoms in total. The minimum absolute atomic E-state index is 0.0379. The third-order valence-electron chi connectivity index (χ3n) is 3.55. The highest BCUT2D eigenvalue weighted by Crippen LogP contribution is 2.08. The summed E-state index contributed by atoms with van der Waals surface area (Å²) in [5.74, 6) is 0.0680. The van der Waals surface area contributed by atoms with Crippen molar-refractivity contribution < 1.29 is 9.59 Å². The van der Waals surface area contributed by atoms with E-state index in [1.165, 1.54) is 4.90 Å². The van der Waals surface area contributed by atoms with E-state index in [0.717, 1.165) is 52.1 Å². The summed E-state index contributed by atoms with van der Waals surface area (Å²) in [6.45, 7) is 4.99. The van der Waals surface area contributed by atoms with Gasteiger partial charge in [-0.1, -0.05) is 0 Å². The quantitative estimate of drug-likeness (QED) is 0.727. The van der Waals surface area contributed by atoms with Gasteiger partial charge in [-0.15, -0.1) is 0 Å². The molecule has 2 saturated heterocycles. The minimum Gasteiger partial charge on any atom is -0.341 e. The second-order valence-electron chi connectivity index (χ2n) is 4.96.